The molecular formula is C25H17F3N4V. The molecule has 0 aliphatic rings. The Hall–Kier alpha value is -3.55. The zero-order valence-corrected chi connectivity index (χ0v) is 18.5. The summed E-state index contributed by atoms with van der Waals surface area (Å²) >= 11 is 0. The molecule has 8 heteroatoms. The van der Waals surface area contributed by atoms with Crippen LogP contribution in [0.4, 0.5) is 24.8 Å². The maximum absolute atomic E-state index is 13.7. The van der Waals surface area contributed by atoms with Gasteiger partial charge in [-0.25, -0.2) is 4.98 Å². The van der Waals surface area contributed by atoms with E-state index in [-0.39, 0.29) is 29.8 Å². The third kappa shape index (κ3) is 4.65. The molecule has 5 aromatic rings. The van der Waals surface area contributed by atoms with Crippen LogP contribution < -0.4 is 5.32 Å². The number of nitrogens with one attached hydrogen (secondary N) is 2. The molecule has 0 aliphatic heterocycles. The van der Waals surface area contributed by atoms with Crippen molar-refractivity contribution in [2.75, 3.05) is 5.32 Å². The summed E-state index contributed by atoms with van der Waals surface area (Å²) in [7, 11) is 0. The number of aromatic nitrogens is 3. The molecule has 163 valence electrons. The summed E-state index contributed by atoms with van der Waals surface area (Å²) in [6.07, 6.45) is -4.49. The number of hydrogen-bond donors (Lipinski definition) is 2. The topological polar surface area (TPSA) is 53.6 Å². The minimum atomic E-state index is -4.49. The van der Waals surface area contributed by atoms with Crippen molar-refractivity contribution in [3.05, 3.63) is 96.6 Å². The normalized spacial score (nSPS) is 11.2. The Morgan fingerprint density at radius 2 is 1.45 bits per heavy atom. The van der Waals surface area contributed by atoms with Gasteiger partial charge in [-0.2, -0.15) is 18.3 Å². The minimum absolute atomic E-state index is 0. The van der Waals surface area contributed by atoms with Crippen molar-refractivity contribution in [1.29, 1.82) is 0 Å². The van der Waals surface area contributed by atoms with Crippen LogP contribution in [-0.4, -0.2) is 15.2 Å². The van der Waals surface area contributed by atoms with E-state index >= 15 is 0 Å². The molecule has 0 fully saturated rings. The SMILES string of the molecule is FC(F)(F)c1ccccc1-c1cc(-c2ccccc2)cc(Nc2n[nH]c3ccccc23)n1.[V]. The average molecular weight is 481 g/mol. The number of benzene rings is 3. The smallest absolute Gasteiger partial charge is 0.323 e. The second-order valence-corrected chi connectivity index (χ2v) is 7.28. The number of halogens is 3. The van der Waals surface area contributed by atoms with Crippen LogP contribution in [0.25, 0.3) is 33.3 Å². The van der Waals surface area contributed by atoms with Crippen LogP contribution in [0.2, 0.25) is 0 Å². The summed E-state index contributed by atoms with van der Waals surface area (Å²) in [5, 5.41) is 11.3. The maximum Gasteiger partial charge on any atom is 0.417 e. The average Bonchev–Trinajstić information content (AvgIpc) is 3.22. The maximum atomic E-state index is 13.7. The molecule has 5 rings (SSSR count). The molecule has 0 unspecified atom stereocenters. The van der Waals surface area contributed by atoms with Gasteiger partial charge in [0.2, 0.25) is 0 Å². The van der Waals surface area contributed by atoms with Gasteiger partial charge >= 0.3 is 6.18 Å². The zero-order valence-electron chi connectivity index (χ0n) is 17.1. The number of fused-ring (bicyclic) bond motifs is 1. The van der Waals surface area contributed by atoms with Crippen molar-refractivity contribution in [3.63, 3.8) is 0 Å². The van der Waals surface area contributed by atoms with Crippen molar-refractivity contribution < 1.29 is 31.7 Å². The van der Waals surface area contributed by atoms with Gasteiger partial charge in [0.05, 0.1) is 16.8 Å². The molecular weight excluding hydrogens is 464 g/mol. The Labute approximate surface area is 199 Å². The Morgan fingerprint density at radius 1 is 0.758 bits per heavy atom. The molecule has 0 aliphatic carbocycles. The van der Waals surface area contributed by atoms with Crippen LogP contribution in [0.5, 0.6) is 0 Å². The van der Waals surface area contributed by atoms with Crippen molar-refractivity contribution in [3.8, 4) is 22.4 Å². The standard InChI is InChI=1S/C25H17F3N4.V/c26-25(27,28)20-12-6-4-10-18(20)22-14-17(16-8-2-1-3-9-16)15-23(29-22)30-24-19-11-5-7-13-21(19)31-32-24;/h1-15H,(H2,29,30,31,32);. The van der Waals surface area contributed by atoms with E-state index in [0.717, 1.165) is 28.1 Å². The first-order chi connectivity index (χ1) is 15.5. The first kappa shape index (κ1) is 22.6. The fourth-order valence-electron chi connectivity index (χ4n) is 3.66. The molecule has 0 atom stereocenters. The van der Waals surface area contributed by atoms with Crippen molar-refractivity contribution >= 4 is 22.5 Å². The molecule has 2 aromatic heterocycles. The van der Waals surface area contributed by atoms with Crippen LogP contribution in [0.3, 0.4) is 0 Å². The van der Waals surface area contributed by atoms with Gasteiger partial charge in [-0.05, 0) is 41.5 Å². The van der Waals surface area contributed by atoms with E-state index in [9.17, 15) is 13.2 Å². The van der Waals surface area contributed by atoms with Gasteiger partial charge < -0.3 is 5.32 Å². The van der Waals surface area contributed by atoms with Gasteiger partial charge in [0.15, 0.2) is 5.82 Å². The largest absolute Gasteiger partial charge is 0.417 e. The van der Waals surface area contributed by atoms with Crippen molar-refractivity contribution in [1.82, 2.24) is 15.2 Å². The summed E-state index contributed by atoms with van der Waals surface area (Å²) in [6, 6.07) is 26.0. The van der Waals surface area contributed by atoms with Crippen LogP contribution in [0, 0.1) is 0 Å². The number of nitrogens with zero attached hydrogens (tertiary/aromatic N) is 2. The van der Waals surface area contributed by atoms with Crippen LogP contribution >= 0.6 is 0 Å². The molecule has 0 spiro atoms. The third-order valence-corrected chi connectivity index (χ3v) is 5.16. The van der Waals surface area contributed by atoms with E-state index in [4.69, 9.17) is 0 Å². The van der Waals surface area contributed by atoms with Gasteiger partial charge in [0.1, 0.15) is 5.82 Å². The summed E-state index contributed by atoms with van der Waals surface area (Å²) in [6.45, 7) is 0. The van der Waals surface area contributed by atoms with Crippen molar-refractivity contribution in [2.24, 2.45) is 0 Å². The number of alkyl halides is 3. The van der Waals surface area contributed by atoms with E-state index in [2.05, 4.69) is 20.5 Å². The predicted octanol–water partition coefficient (Wildman–Crippen LogP) is 7.05. The van der Waals surface area contributed by atoms with Crippen LogP contribution in [-0.2, 0) is 24.7 Å². The van der Waals surface area contributed by atoms with Gasteiger partial charge in [0, 0.05) is 29.5 Å². The van der Waals surface area contributed by atoms with E-state index in [1.54, 1.807) is 18.2 Å². The summed E-state index contributed by atoms with van der Waals surface area (Å²) in [5.74, 6) is 0.948. The second-order valence-electron chi connectivity index (χ2n) is 7.28. The Morgan fingerprint density at radius 3 is 2.24 bits per heavy atom. The first-order valence-electron chi connectivity index (χ1n) is 9.93. The zero-order chi connectivity index (χ0) is 22.1. The fraction of sp³-hybridized carbons (Fsp3) is 0.0400. The Balaban J connectivity index is 0.00000259. The third-order valence-electron chi connectivity index (χ3n) is 5.16. The molecule has 0 saturated carbocycles. The predicted molar refractivity (Wildman–Crippen MR) is 119 cm³/mol. The Bertz CT molecular complexity index is 1400. The molecule has 0 amide bonds. The van der Waals surface area contributed by atoms with E-state index in [1.807, 2.05) is 54.6 Å². The molecule has 2 heterocycles. The van der Waals surface area contributed by atoms with Crippen LogP contribution in [0.15, 0.2) is 91.0 Å². The van der Waals surface area contributed by atoms with Crippen molar-refractivity contribution in [2.45, 2.75) is 6.18 Å². The number of H-pyrrole nitrogens is 1. The van der Waals surface area contributed by atoms with E-state index < -0.39 is 11.7 Å². The summed E-state index contributed by atoms with van der Waals surface area (Å²) in [5.41, 5.74) is 1.98. The number of rotatable bonds is 4. The second kappa shape index (κ2) is 9.13. The monoisotopic (exact) mass is 481 g/mol. The quantitative estimate of drug-likeness (QED) is 0.289. The van der Waals surface area contributed by atoms with Gasteiger partial charge in [-0.3, -0.25) is 5.10 Å². The number of anilines is 2. The van der Waals surface area contributed by atoms with Gasteiger partial charge in [-0.15, -0.1) is 0 Å². The number of hydrogen-bond acceptors (Lipinski definition) is 3. The van der Waals surface area contributed by atoms with Crippen LogP contribution in [0.1, 0.15) is 5.56 Å². The van der Waals surface area contributed by atoms with E-state index in [0.29, 0.717) is 11.6 Å². The molecule has 33 heavy (non-hydrogen) atoms. The number of pyridine rings is 1. The summed E-state index contributed by atoms with van der Waals surface area (Å²) < 4.78 is 41.0. The molecule has 4 nitrogen and oxygen atoms in total. The molecule has 2 N–H and O–H groups in total. The Kier molecular flexibility index (Phi) is 6.27. The minimum Gasteiger partial charge on any atom is -0.323 e. The molecule has 3 aromatic carbocycles. The first-order valence-corrected chi connectivity index (χ1v) is 9.93. The van der Waals surface area contributed by atoms with Gasteiger partial charge in [0.25, 0.3) is 0 Å². The number of para-hydroxylation sites is 1. The van der Waals surface area contributed by atoms with E-state index in [1.165, 1.54) is 12.1 Å². The summed E-state index contributed by atoms with van der Waals surface area (Å²) in [4.78, 5) is 4.52. The molecule has 0 saturated heterocycles. The fourth-order valence-corrected chi connectivity index (χ4v) is 3.66. The number of aromatic amines is 1. The van der Waals surface area contributed by atoms with Gasteiger partial charge in [-0.1, -0.05) is 60.7 Å². The molecule has 1 radical (unpaired) electrons. The molecule has 0 bridgehead atoms.